The van der Waals surface area contributed by atoms with Crippen LogP contribution in [0.2, 0.25) is 0 Å². The molecule has 1 aromatic rings. The van der Waals surface area contributed by atoms with E-state index < -0.39 is 23.7 Å². The molecule has 0 spiro atoms. The van der Waals surface area contributed by atoms with Gasteiger partial charge in [0.05, 0.1) is 5.56 Å². The molecule has 16 heavy (non-hydrogen) atoms. The summed E-state index contributed by atoms with van der Waals surface area (Å²) in [6.07, 6.45) is -6.50. The van der Waals surface area contributed by atoms with Crippen LogP contribution in [0.3, 0.4) is 0 Å². The zero-order valence-corrected chi connectivity index (χ0v) is 8.19. The second kappa shape index (κ2) is 4.78. The summed E-state index contributed by atoms with van der Waals surface area (Å²) in [7, 11) is 0. The minimum Gasteiger partial charge on any atom is -0.330 e. The van der Waals surface area contributed by atoms with Gasteiger partial charge in [0.2, 0.25) is 0 Å². The fraction of sp³-hybridized carbons (Fsp3) is 0.400. The van der Waals surface area contributed by atoms with Crippen LogP contribution < -0.4 is 5.73 Å². The van der Waals surface area contributed by atoms with Crippen molar-refractivity contribution >= 4 is 0 Å². The summed E-state index contributed by atoms with van der Waals surface area (Å²) in [6.45, 7) is -0.0149. The highest BCUT2D eigenvalue weighted by molar-refractivity contribution is 5.28. The number of rotatable bonds is 3. The highest BCUT2D eigenvalue weighted by atomic mass is 19.4. The molecule has 1 aromatic carbocycles. The topological polar surface area (TPSA) is 26.0 Å². The number of benzene rings is 1. The lowest BCUT2D eigenvalue weighted by atomic mass is 10.0. The molecule has 1 nitrogen and oxygen atoms in total. The fourth-order valence-electron chi connectivity index (χ4n) is 1.27. The molecule has 90 valence electrons. The average molecular weight is 239 g/mol. The minimum atomic E-state index is -4.68. The SMILES string of the molecule is NCCC(F)c1cc(F)cc(C(F)(F)F)c1. The lowest BCUT2D eigenvalue weighted by molar-refractivity contribution is -0.137. The molecule has 2 N–H and O–H groups in total. The Morgan fingerprint density at radius 3 is 2.31 bits per heavy atom. The van der Waals surface area contributed by atoms with Crippen molar-refractivity contribution in [3.8, 4) is 0 Å². The van der Waals surface area contributed by atoms with Crippen LogP contribution in [0.25, 0.3) is 0 Å². The molecule has 0 fully saturated rings. The van der Waals surface area contributed by atoms with Crippen LogP contribution in [-0.2, 0) is 6.18 Å². The lowest BCUT2D eigenvalue weighted by Gasteiger charge is -2.11. The van der Waals surface area contributed by atoms with E-state index in [0.29, 0.717) is 12.1 Å². The van der Waals surface area contributed by atoms with Gasteiger partial charge in [-0.1, -0.05) is 0 Å². The summed E-state index contributed by atoms with van der Waals surface area (Å²) in [6, 6.07) is 1.68. The Kier molecular flexibility index (Phi) is 3.85. The van der Waals surface area contributed by atoms with Crippen LogP contribution in [0.1, 0.15) is 23.7 Å². The van der Waals surface area contributed by atoms with E-state index in [1.165, 1.54) is 0 Å². The van der Waals surface area contributed by atoms with Gasteiger partial charge in [-0.05, 0) is 36.7 Å². The van der Waals surface area contributed by atoms with E-state index >= 15 is 0 Å². The average Bonchev–Trinajstić information content (AvgIpc) is 2.16. The summed E-state index contributed by atoms with van der Waals surface area (Å²) in [5.41, 5.74) is 3.54. The van der Waals surface area contributed by atoms with Crippen molar-refractivity contribution in [2.45, 2.75) is 18.8 Å². The van der Waals surface area contributed by atoms with E-state index in [4.69, 9.17) is 5.73 Å². The second-order valence-corrected chi connectivity index (χ2v) is 3.32. The number of halogens is 5. The lowest BCUT2D eigenvalue weighted by Crippen LogP contribution is -2.08. The van der Waals surface area contributed by atoms with Gasteiger partial charge in [-0.15, -0.1) is 0 Å². The van der Waals surface area contributed by atoms with Gasteiger partial charge < -0.3 is 5.73 Å². The van der Waals surface area contributed by atoms with Gasteiger partial charge in [0.15, 0.2) is 0 Å². The summed E-state index contributed by atoms with van der Waals surface area (Å²) < 4.78 is 63.0. The van der Waals surface area contributed by atoms with Gasteiger partial charge in [-0.2, -0.15) is 13.2 Å². The number of alkyl halides is 4. The smallest absolute Gasteiger partial charge is 0.330 e. The number of nitrogens with two attached hydrogens (primary N) is 1. The van der Waals surface area contributed by atoms with Crippen LogP contribution in [0, 0.1) is 5.82 Å². The molecule has 0 aliphatic carbocycles. The first kappa shape index (κ1) is 12.9. The minimum absolute atomic E-state index is 0.0149. The van der Waals surface area contributed by atoms with Gasteiger partial charge in [-0.3, -0.25) is 0 Å². The first-order valence-corrected chi connectivity index (χ1v) is 4.56. The molecule has 1 atom stereocenters. The van der Waals surface area contributed by atoms with Gasteiger partial charge in [0, 0.05) is 0 Å². The van der Waals surface area contributed by atoms with Crippen LogP contribution in [0.15, 0.2) is 18.2 Å². The Hall–Kier alpha value is -1.17. The predicted octanol–water partition coefficient (Wildman–Crippen LogP) is 3.20. The summed E-state index contributed by atoms with van der Waals surface area (Å²) in [5.74, 6) is -1.11. The quantitative estimate of drug-likeness (QED) is 0.805. The van der Waals surface area contributed by atoms with Crippen LogP contribution >= 0.6 is 0 Å². The first-order chi connectivity index (χ1) is 7.34. The maximum absolute atomic E-state index is 13.3. The Balaban J connectivity index is 3.08. The largest absolute Gasteiger partial charge is 0.416 e. The van der Waals surface area contributed by atoms with Crippen LogP contribution in [0.4, 0.5) is 22.0 Å². The standard InChI is InChI=1S/C10H10F5N/c11-8-4-6(9(12)1-2-16)3-7(5-8)10(13,14)15/h3-5,9H,1-2,16H2. The zero-order chi connectivity index (χ0) is 12.3. The van der Waals surface area contributed by atoms with E-state index in [0.717, 1.165) is 6.07 Å². The molecule has 0 bridgehead atoms. The molecule has 6 heteroatoms. The Morgan fingerprint density at radius 1 is 1.19 bits per heavy atom. The zero-order valence-electron chi connectivity index (χ0n) is 8.19. The Labute approximate surface area is 89.1 Å². The normalized spacial score (nSPS) is 13.9. The van der Waals surface area contributed by atoms with Crippen LogP contribution in [0.5, 0.6) is 0 Å². The number of hydrogen-bond acceptors (Lipinski definition) is 1. The maximum atomic E-state index is 13.3. The maximum Gasteiger partial charge on any atom is 0.416 e. The molecule has 0 saturated heterocycles. The molecular weight excluding hydrogens is 229 g/mol. The molecule has 0 aliphatic heterocycles. The summed E-state index contributed by atoms with van der Waals surface area (Å²) in [5, 5.41) is 0. The second-order valence-electron chi connectivity index (χ2n) is 3.32. The van der Waals surface area contributed by atoms with Crippen molar-refractivity contribution in [2.75, 3.05) is 6.54 Å². The third-order valence-corrected chi connectivity index (χ3v) is 2.03. The molecule has 0 aliphatic rings. The third kappa shape index (κ3) is 3.16. The van der Waals surface area contributed by atoms with E-state index in [-0.39, 0.29) is 18.5 Å². The molecule has 0 radical (unpaired) electrons. The van der Waals surface area contributed by atoms with Crippen molar-refractivity contribution in [1.29, 1.82) is 0 Å². The van der Waals surface area contributed by atoms with Crippen molar-refractivity contribution in [3.05, 3.63) is 35.1 Å². The molecule has 1 unspecified atom stereocenters. The molecule has 0 heterocycles. The monoisotopic (exact) mass is 239 g/mol. The summed E-state index contributed by atoms with van der Waals surface area (Å²) in [4.78, 5) is 0. The van der Waals surface area contributed by atoms with E-state index in [2.05, 4.69) is 0 Å². The van der Waals surface area contributed by atoms with E-state index in [1.807, 2.05) is 0 Å². The highest BCUT2D eigenvalue weighted by Gasteiger charge is 2.32. The van der Waals surface area contributed by atoms with Crippen molar-refractivity contribution in [2.24, 2.45) is 5.73 Å². The van der Waals surface area contributed by atoms with Crippen molar-refractivity contribution in [3.63, 3.8) is 0 Å². The van der Waals surface area contributed by atoms with Gasteiger partial charge >= 0.3 is 6.18 Å². The Morgan fingerprint density at radius 2 is 1.81 bits per heavy atom. The first-order valence-electron chi connectivity index (χ1n) is 4.56. The number of hydrogen-bond donors (Lipinski definition) is 1. The van der Waals surface area contributed by atoms with Gasteiger partial charge in [-0.25, -0.2) is 8.78 Å². The molecule has 1 rings (SSSR count). The van der Waals surface area contributed by atoms with Crippen molar-refractivity contribution in [1.82, 2.24) is 0 Å². The highest BCUT2D eigenvalue weighted by Crippen LogP contribution is 2.32. The van der Waals surface area contributed by atoms with Gasteiger partial charge in [0.1, 0.15) is 12.0 Å². The molecular formula is C10H10F5N. The molecule has 0 aromatic heterocycles. The molecule has 0 amide bonds. The van der Waals surface area contributed by atoms with Gasteiger partial charge in [0.25, 0.3) is 0 Å². The predicted molar refractivity (Wildman–Crippen MR) is 48.9 cm³/mol. The fourth-order valence-corrected chi connectivity index (χ4v) is 1.27. The van der Waals surface area contributed by atoms with E-state index in [9.17, 15) is 22.0 Å². The van der Waals surface area contributed by atoms with Crippen molar-refractivity contribution < 1.29 is 22.0 Å². The molecule has 0 saturated carbocycles. The van der Waals surface area contributed by atoms with E-state index in [1.54, 1.807) is 0 Å². The third-order valence-electron chi connectivity index (χ3n) is 2.03. The van der Waals surface area contributed by atoms with Crippen LogP contribution in [-0.4, -0.2) is 6.54 Å². The summed E-state index contributed by atoms with van der Waals surface area (Å²) >= 11 is 0. The Bertz CT molecular complexity index is 361.